The molecule has 0 saturated heterocycles. The number of hydrogen-bond donors (Lipinski definition) is 1. The fourth-order valence-corrected chi connectivity index (χ4v) is 0.827. The zero-order chi connectivity index (χ0) is 6.85. The van der Waals surface area contributed by atoms with Gasteiger partial charge in [-0.25, -0.2) is 0 Å². The first-order valence-corrected chi connectivity index (χ1v) is 3.28. The van der Waals surface area contributed by atoms with Gasteiger partial charge in [0.25, 0.3) is 0 Å². The molecule has 0 spiro atoms. The molecule has 0 aliphatic rings. The fourth-order valence-electron chi connectivity index (χ4n) is 0.505. The molecule has 45 valence electrons. The first-order chi connectivity index (χ1) is 4.20. The minimum absolute atomic E-state index is 0.166. The van der Waals surface area contributed by atoms with Crippen LogP contribution >= 0.6 is 11.6 Å². The van der Waals surface area contributed by atoms with Crippen LogP contribution in [-0.4, -0.2) is 15.3 Å². The Hall–Kier alpha value is -0.473. The zero-order valence-corrected chi connectivity index (χ0v) is 6.31. The molecule has 0 fully saturated rings. The van der Waals surface area contributed by atoms with Crippen molar-refractivity contribution in [1.29, 1.82) is 0 Å². The van der Waals surface area contributed by atoms with Crippen molar-refractivity contribution in [3.8, 4) is 5.75 Å². The molecule has 1 aromatic rings. The van der Waals surface area contributed by atoms with Crippen LogP contribution in [0.4, 0.5) is 0 Å². The third kappa shape index (κ3) is 1.47. The Labute approximate surface area is 61.7 Å². The van der Waals surface area contributed by atoms with Crippen molar-refractivity contribution in [2.45, 2.75) is 0 Å². The molecule has 9 heavy (non-hydrogen) atoms. The van der Waals surface area contributed by atoms with Crippen molar-refractivity contribution < 1.29 is 5.11 Å². The first-order valence-electron chi connectivity index (χ1n) is 2.40. The number of aromatic hydroxyl groups is 1. The molecule has 1 N–H and O–H groups in total. The predicted molar refractivity (Wildman–Crippen MR) is 38.5 cm³/mol. The Morgan fingerprint density at radius 2 is 2.11 bits per heavy atom. The van der Waals surface area contributed by atoms with Crippen molar-refractivity contribution >= 4 is 27.0 Å². The van der Waals surface area contributed by atoms with Gasteiger partial charge in [0.15, 0.2) is 0 Å². The number of halogens is 1. The average molecular weight is 156 g/mol. The summed E-state index contributed by atoms with van der Waals surface area (Å²) in [7, 11) is 3.17. The lowest BCUT2D eigenvalue weighted by molar-refractivity contribution is 0.479. The maximum Gasteiger partial charge on any atom is 0.115 e. The number of phenolic OH excluding ortho intramolecular Hbond substituents is 1. The van der Waals surface area contributed by atoms with Gasteiger partial charge in [0.1, 0.15) is 5.75 Å². The highest BCUT2D eigenvalue weighted by atomic mass is 35.5. The maximum absolute atomic E-state index is 8.97. The third-order valence-corrected chi connectivity index (χ3v) is 1.62. The lowest BCUT2D eigenvalue weighted by Gasteiger charge is -1.95. The second kappa shape index (κ2) is 2.41. The van der Waals surface area contributed by atoms with Crippen LogP contribution in [0.3, 0.4) is 0 Å². The molecule has 0 aliphatic carbocycles. The Morgan fingerprint density at radius 3 is 2.56 bits per heavy atom. The Kier molecular flexibility index (Phi) is 1.78. The molecule has 0 saturated carbocycles. The minimum Gasteiger partial charge on any atom is -0.508 e. The van der Waals surface area contributed by atoms with Crippen molar-refractivity contribution in [2.24, 2.45) is 0 Å². The summed E-state index contributed by atoms with van der Waals surface area (Å²) in [4.78, 5) is 0. The van der Waals surface area contributed by atoms with E-state index in [1.165, 1.54) is 6.07 Å². The van der Waals surface area contributed by atoms with Gasteiger partial charge < -0.3 is 5.11 Å². The van der Waals surface area contributed by atoms with E-state index in [2.05, 4.69) is 10.2 Å². The second-order valence-corrected chi connectivity index (χ2v) is 2.64. The van der Waals surface area contributed by atoms with Gasteiger partial charge >= 0.3 is 0 Å². The predicted octanol–water partition coefficient (Wildman–Crippen LogP) is 0.839. The Morgan fingerprint density at radius 1 is 1.44 bits per heavy atom. The summed E-state index contributed by atoms with van der Waals surface area (Å²) in [6, 6.07) is 4.86. The topological polar surface area (TPSA) is 20.2 Å². The number of phenols is 1. The minimum atomic E-state index is 0.166. The summed E-state index contributed by atoms with van der Waals surface area (Å²) < 4.78 is 0. The molecular formula is C6H4ClOSi. The van der Waals surface area contributed by atoms with E-state index in [4.69, 9.17) is 16.7 Å². The summed E-state index contributed by atoms with van der Waals surface area (Å²) in [6.45, 7) is 0. The molecule has 0 heterocycles. The lowest BCUT2D eigenvalue weighted by atomic mass is 10.3. The van der Waals surface area contributed by atoms with E-state index in [-0.39, 0.29) is 5.75 Å². The van der Waals surface area contributed by atoms with Gasteiger partial charge in [0.2, 0.25) is 0 Å². The van der Waals surface area contributed by atoms with Crippen LogP contribution in [0.15, 0.2) is 18.2 Å². The van der Waals surface area contributed by atoms with Gasteiger partial charge in [-0.3, -0.25) is 0 Å². The van der Waals surface area contributed by atoms with E-state index < -0.39 is 0 Å². The molecule has 0 amide bonds. The summed E-state index contributed by atoms with van der Waals surface area (Å²) >= 11 is 5.54. The number of rotatable bonds is 0. The largest absolute Gasteiger partial charge is 0.508 e. The van der Waals surface area contributed by atoms with Crippen LogP contribution in [0.25, 0.3) is 0 Å². The molecule has 0 aromatic heterocycles. The van der Waals surface area contributed by atoms with Gasteiger partial charge in [-0.2, -0.15) is 0 Å². The molecule has 0 aliphatic heterocycles. The highest BCUT2D eigenvalue weighted by Gasteiger charge is 1.93. The van der Waals surface area contributed by atoms with Gasteiger partial charge in [-0.05, 0) is 17.3 Å². The van der Waals surface area contributed by atoms with Crippen LogP contribution in [0.2, 0.25) is 5.02 Å². The Bertz CT molecular complexity index is 224. The normalized spacial score (nSPS) is 9.56. The summed E-state index contributed by atoms with van der Waals surface area (Å²) in [5, 5.41) is 10.2. The third-order valence-electron chi connectivity index (χ3n) is 0.960. The highest BCUT2D eigenvalue weighted by molar-refractivity contribution is 6.35. The molecule has 3 heteroatoms. The van der Waals surface area contributed by atoms with E-state index in [1.54, 1.807) is 12.1 Å². The van der Waals surface area contributed by atoms with Crippen molar-refractivity contribution in [2.75, 3.05) is 0 Å². The summed E-state index contributed by atoms with van der Waals surface area (Å²) in [5.74, 6) is 0.166. The van der Waals surface area contributed by atoms with E-state index in [1.807, 2.05) is 0 Å². The molecule has 1 rings (SSSR count). The van der Waals surface area contributed by atoms with Gasteiger partial charge in [0, 0.05) is 5.02 Å². The van der Waals surface area contributed by atoms with Crippen LogP contribution < -0.4 is 5.19 Å². The van der Waals surface area contributed by atoms with Gasteiger partial charge in [0.05, 0.1) is 10.2 Å². The summed E-state index contributed by atoms with van der Waals surface area (Å²) in [5.41, 5.74) is 0. The van der Waals surface area contributed by atoms with E-state index in [0.29, 0.717) is 10.2 Å². The van der Waals surface area contributed by atoms with E-state index in [0.717, 1.165) is 0 Å². The zero-order valence-electron chi connectivity index (χ0n) is 4.56. The molecule has 0 unspecified atom stereocenters. The van der Waals surface area contributed by atoms with Gasteiger partial charge in [-0.1, -0.05) is 17.7 Å². The van der Waals surface area contributed by atoms with Crippen LogP contribution in [-0.2, 0) is 0 Å². The van der Waals surface area contributed by atoms with Crippen molar-refractivity contribution in [3.63, 3.8) is 0 Å². The lowest BCUT2D eigenvalue weighted by Crippen LogP contribution is -2.00. The van der Waals surface area contributed by atoms with Crippen molar-refractivity contribution in [1.82, 2.24) is 0 Å². The average Bonchev–Trinajstić information content (AvgIpc) is 1.80. The number of hydrogen-bond acceptors (Lipinski definition) is 1. The van der Waals surface area contributed by atoms with E-state index in [9.17, 15) is 0 Å². The molecule has 1 aromatic carbocycles. The van der Waals surface area contributed by atoms with Crippen LogP contribution in [0.5, 0.6) is 5.75 Å². The van der Waals surface area contributed by atoms with E-state index >= 15 is 0 Å². The second-order valence-electron chi connectivity index (χ2n) is 1.66. The summed E-state index contributed by atoms with van der Waals surface area (Å²) in [6.07, 6.45) is 0. The SMILES string of the molecule is Oc1cc(Cl)ccc1[Si]. The van der Waals surface area contributed by atoms with Crippen LogP contribution in [0, 0.1) is 0 Å². The highest BCUT2D eigenvalue weighted by Crippen LogP contribution is 2.12. The fraction of sp³-hybridized carbons (Fsp3) is 0. The van der Waals surface area contributed by atoms with Crippen molar-refractivity contribution in [3.05, 3.63) is 23.2 Å². The smallest absolute Gasteiger partial charge is 0.115 e. The number of benzene rings is 1. The standard InChI is InChI=1S/C6H4ClOSi/c7-4-1-2-6(9)5(8)3-4/h1-3,8H. The van der Waals surface area contributed by atoms with Crippen LogP contribution in [0.1, 0.15) is 0 Å². The molecule has 1 nitrogen and oxygen atoms in total. The quantitative estimate of drug-likeness (QED) is 0.551. The molecule has 0 atom stereocenters. The molecule has 3 radical (unpaired) electrons. The monoisotopic (exact) mass is 155 g/mol. The molecular weight excluding hydrogens is 152 g/mol. The first kappa shape index (κ1) is 6.64. The molecule has 0 bridgehead atoms. The maximum atomic E-state index is 8.97. The Balaban J connectivity index is 3.17. The van der Waals surface area contributed by atoms with Gasteiger partial charge in [-0.15, -0.1) is 0 Å².